The SMILES string of the molecule is CCC(=O)N(C)c1ccc(-c2ccc(C(=O)NCc3cccnc3)cc2)c(Cl)c1. The fourth-order valence-corrected chi connectivity index (χ4v) is 3.20. The molecule has 3 rings (SSSR count). The van der Waals surface area contributed by atoms with E-state index in [1.165, 1.54) is 0 Å². The summed E-state index contributed by atoms with van der Waals surface area (Å²) in [4.78, 5) is 29.8. The van der Waals surface area contributed by atoms with E-state index in [9.17, 15) is 9.59 Å². The summed E-state index contributed by atoms with van der Waals surface area (Å²) < 4.78 is 0. The van der Waals surface area contributed by atoms with E-state index in [0.29, 0.717) is 23.6 Å². The zero-order valence-corrected chi connectivity index (χ0v) is 17.1. The Hall–Kier alpha value is -3.18. The number of halogens is 1. The molecule has 0 unspecified atom stereocenters. The lowest BCUT2D eigenvalue weighted by molar-refractivity contribution is -0.118. The van der Waals surface area contributed by atoms with E-state index in [1.807, 2.05) is 43.3 Å². The average molecular weight is 408 g/mol. The number of rotatable bonds is 6. The van der Waals surface area contributed by atoms with Crippen molar-refractivity contribution in [3.8, 4) is 11.1 Å². The number of hydrogen-bond acceptors (Lipinski definition) is 3. The normalized spacial score (nSPS) is 10.4. The van der Waals surface area contributed by atoms with Gasteiger partial charge in [0.1, 0.15) is 0 Å². The van der Waals surface area contributed by atoms with Gasteiger partial charge in [-0.1, -0.05) is 42.8 Å². The number of pyridine rings is 1. The van der Waals surface area contributed by atoms with Crippen LogP contribution in [0.25, 0.3) is 11.1 Å². The van der Waals surface area contributed by atoms with Crippen LogP contribution >= 0.6 is 11.6 Å². The maximum atomic E-state index is 12.3. The fraction of sp³-hybridized carbons (Fsp3) is 0.174. The minimum Gasteiger partial charge on any atom is -0.348 e. The molecule has 1 N–H and O–H groups in total. The molecule has 1 aromatic heterocycles. The van der Waals surface area contributed by atoms with E-state index in [0.717, 1.165) is 22.4 Å². The molecule has 148 valence electrons. The van der Waals surface area contributed by atoms with Crippen LogP contribution in [0.5, 0.6) is 0 Å². The highest BCUT2D eigenvalue weighted by molar-refractivity contribution is 6.33. The summed E-state index contributed by atoms with van der Waals surface area (Å²) in [5.41, 5.74) is 4.00. The van der Waals surface area contributed by atoms with Crippen molar-refractivity contribution in [2.24, 2.45) is 0 Å². The maximum absolute atomic E-state index is 12.3. The van der Waals surface area contributed by atoms with Crippen molar-refractivity contribution in [1.29, 1.82) is 0 Å². The molecule has 0 aliphatic heterocycles. The van der Waals surface area contributed by atoms with Crippen molar-refractivity contribution in [3.05, 3.63) is 83.1 Å². The number of carbonyl (C=O) groups excluding carboxylic acids is 2. The Morgan fingerprint density at radius 3 is 2.48 bits per heavy atom. The van der Waals surface area contributed by atoms with Gasteiger partial charge in [-0.3, -0.25) is 14.6 Å². The van der Waals surface area contributed by atoms with Crippen LogP contribution in [0.2, 0.25) is 5.02 Å². The number of benzene rings is 2. The van der Waals surface area contributed by atoms with Crippen molar-refractivity contribution in [2.75, 3.05) is 11.9 Å². The molecule has 0 radical (unpaired) electrons. The number of anilines is 1. The molecular formula is C23H22ClN3O2. The Morgan fingerprint density at radius 1 is 1.10 bits per heavy atom. The highest BCUT2D eigenvalue weighted by Crippen LogP contribution is 2.31. The van der Waals surface area contributed by atoms with E-state index in [4.69, 9.17) is 11.6 Å². The number of hydrogen-bond donors (Lipinski definition) is 1. The van der Waals surface area contributed by atoms with Crippen LogP contribution in [0.4, 0.5) is 5.69 Å². The van der Waals surface area contributed by atoms with Gasteiger partial charge in [0.25, 0.3) is 5.91 Å². The van der Waals surface area contributed by atoms with Gasteiger partial charge in [0.05, 0.1) is 5.02 Å². The summed E-state index contributed by atoms with van der Waals surface area (Å²) in [5.74, 6) is -0.128. The smallest absolute Gasteiger partial charge is 0.251 e. The summed E-state index contributed by atoms with van der Waals surface area (Å²) in [6.07, 6.45) is 3.85. The van der Waals surface area contributed by atoms with Gasteiger partial charge in [0, 0.05) is 49.2 Å². The molecule has 2 aromatic carbocycles. The van der Waals surface area contributed by atoms with Crippen molar-refractivity contribution in [2.45, 2.75) is 19.9 Å². The minimum atomic E-state index is -0.151. The molecule has 0 aliphatic rings. The third kappa shape index (κ3) is 5.00. The molecule has 29 heavy (non-hydrogen) atoms. The number of amides is 2. The topological polar surface area (TPSA) is 62.3 Å². The van der Waals surface area contributed by atoms with Crippen LogP contribution in [0, 0.1) is 0 Å². The highest BCUT2D eigenvalue weighted by Gasteiger charge is 2.12. The summed E-state index contributed by atoms with van der Waals surface area (Å²) in [6, 6.07) is 16.5. The van der Waals surface area contributed by atoms with Crippen LogP contribution in [0.3, 0.4) is 0 Å². The average Bonchev–Trinajstić information content (AvgIpc) is 2.77. The number of carbonyl (C=O) groups is 2. The number of nitrogens with zero attached hydrogens (tertiary/aromatic N) is 2. The second-order valence-corrected chi connectivity index (χ2v) is 7.00. The van der Waals surface area contributed by atoms with Gasteiger partial charge >= 0.3 is 0 Å². The molecule has 0 bridgehead atoms. The Bertz CT molecular complexity index is 1000. The second-order valence-electron chi connectivity index (χ2n) is 6.59. The third-order valence-electron chi connectivity index (χ3n) is 4.65. The zero-order valence-electron chi connectivity index (χ0n) is 16.4. The standard InChI is InChI=1S/C23H22ClN3O2/c1-3-22(28)27(2)19-10-11-20(21(24)13-19)17-6-8-18(9-7-17)23(29)26-15-16-5-4-12-25-14-16/h4-14H,3,15H2,1-2H3,(H,26,29). The summed E-state index contributed by atoms with van der Waals surface area (Å²) in [6.45, 7) is 2.25. The van der Waals surface area contributed by atoms with Crippen molar-refractivity contribution in [1.82, 2.24) is 10.3 Å². The molecule has 0 atom stereocenters. The molecule has 0 spiro atoms. The molecule has 0 saturated heterocycles. The van der Waals surface area contributed by atoms with Crippen LogP contribution in [-0.2, 0) is 11.3 Å². The van der Waals surface area contributed by atoms with Gasteiger partial charge < -0.3 is 10.2 Å². The predicted octanol–water partition coefficient (Wildman–Crippen LogP) is 4.70. The van der Waals surface area contributed by atoms with Gasteiger partial charge in [-0.25, -0.2) is 0 Å². The van der Waals surface area contributed by atoms with Crippen LogP contribution in [-0.4, -0.2) is 23.8 Å². The summed E-state index contributed by atoms with van der Waals surface area (Å²) in [5, 5.41) is 3.43. The third-order valence-corrected chi connectivity index (χ3v) is 4.96. The number of nitrogens with one attached hydrogen (secondary N) is 1. The zero-order chi connectivity index (χ0) is 20.8. The monoisotopic (exact) mass is 407 g/mol. The summed E-state index contributed by atoms with van der Waals surface area (Å²) in [7, 11) is 1.73. The minimum absolute atomic E-state index is 0.0236. The number of aromatic nitrogens is 1. The van der Waals surface area contributed by atoms with E-state index >= 15 is 0 Å². The lowest BCUT2D eigenvalue weighted by Crippen LogP contribution is -2.24. The lowest BCUT2D eigenvalue weighted by atomic mass is 10.0. The molecule has 3 aromatic rings. The Balaban J connectivity index is 1.71. The lowest BCUT2D eigenvalue weighted by Gasteiger charge is -2.17. The van der Waals surface area contributed by atoms with Gasteiger partial charge in [0.2, 0.25) is 5.91 Å². The van der Waals surface area contributed by atoms with Gasteiger partial charge in [-0.15, -0.1) is 0 Å². The Labute approximate surface area is 175 Å². The quantitative estimate of drug-likeness (QED) is 0.643. The van der Waals surface area contributed by atoms with Crippen molar-refractivity contribution < 1.29 is 9.59 Å². The largest absolute Gasteiger partial charge is 0.348 e. The van der Waals surface area contributed by atoms with Gasteiger partial charge in [0.15, 0.2) is 0 Å². The van der Waals surface area contributed by atoms with E-state index in [2.05, 4.69) is 10.3 Å². The van der Waals surface area contributed by atoms with Crippen molar-refractivity contribution >= 4 is 29.1 Å². The van der Waals surface area contributed by atoms with Gasteiger partial charge in [-0.2, -0.15) is 0 Å². The Kier molecular flexibility index (Phi) is 6.62. The molecule has 1 heterocycles. The van der Waals surface area contributed by atoms with Crippen LogP contribution in [0.1, 0.15) is 29.3 Å². The Morgan fingerprint density at radius 2 is 1.86 bits per heavy atom. The highest BCUT2D eigenvalue weighted by atomic mass is 35.5. The first kappa shape index (κ1) is 20.6. The second kappa shape index (κ2) is 9.34. The van der Waals surface area contributed by atoms with E-state index < -0.39 is 0 Å². The van der Waals surface area contributed by atoms with Crippen molar-refractivity contribution in [3.63, 3.8) is 0 Å². The predicted molar refractivity (Wildman–Crippen MR) is 116 cm³/mol. The molecule has 0 saturated carbocycles. The van der Waals surface area contributed by atoms with E-state index in [-0.39, 0.29) is 11.8 Å². The molecule has 2 amide bonds. The molecule has 0 fully saturated rings. The van der Waals surface area contributed by atoms with E-state index in [1.54, 1.807) is 42.5 Å². The molecular weight excluding hydrogens is 386 g/mol. The fourth-order valence-electron chi connectivity index (χ4n) is 2.92. The first-order valence-electron chi connectivity index (χ1n) is 9.33. The summed E-state index contributed by atoms with van der Waals surface area (Å²) >= 11 is 6.45. The molecule has 0 aliphatic carbocycles. The maximum Gasteiger partial charge on any atom is 0.251 e. The molecule has 5 nitrogen and oxygen atoms in total. The first-order valence-corrected chi connectivity index (χ1v) is 9.71. The molecule has 6 heteroatoms. The van der Waals surface area contributed by atoms with Crippen LogP contribution < -0.4 is 10.2 Å². The van der Waals surface area contributed by atoms with Crippen LogP contribution in [0.15, 0.2) is 67.0 Å². The van der Waals surface area contributed by atoms with Gasteiger partial charge in [-0.05, 0) is 41.5 Å². The first-order chi connectivity index (χ1) is 14.0.